The second-order valence-electron chi connectivity index (χ2n) is 4.35. The molecular weight excluding hydrogens is 308 g/mol. The number of hydrogen-bond donors (Lipinski definition) is 2. The molecule has 1 atom stereocenters. The summed E-state index contributed by atoms with van der Waals surface area (Å²) in [5.41, 5.74) is 5.57. The number of thiazole rings is 1. The fourth-order valence-electron chi connectivity index (χ4n) is 2.13. The number of aromatic nitrogens is 1. The van der Waals surface area contributed by atoms with Gasteiger partial charge in [0.1, 0.15) is 0 Å². The normalized spacial score (nSPS) is 20.4. The quantitative estimate of drug-likeness (QED) is 0.830. The maximum Gasteiger partial charge on any atom is 0.215 e. The van der Waals surface area contributed by atoms with Gasteiger partial charge >= 0.3 is 0 Å². The second kappa shape index (κ2) is 6.85. The summed E-state index contributed by atoms with van der Waals surface area (Å²) in [6.45, 7) is 4.35. The van der Waals surface area contributed by atoms with Crippen LogP contribution in [0.3, 0.4) is 0 Å². The van der Waals surface area contributed by atoms with E-state index in [-0.39, 0.29) is 17.7 Å². The Labute approximate surface area is 123 Å². The highest BCUT2D eigenvalue weighted by molar-refractivity contribution is 7.90. The van der Waals surface area contributed by atoms with E-state index in [0.717, 1.165) is 18.0 Å². The van der Waals surface area contributed by atoms with E-state index in [0.29, 0.717) is 24.6 Å². The molecular formula is C10H19ClN4O2S2. The summed E-state index contributed by atoms with van der Waals surface area (Å²) in [5.74, 6) is 0. The molecule has 2 heterocycles. The predicted octanol–water partition coefficient (Wildman–Crippen LogP) is 0.661. The van der Waals surface area contributed by atoms with Crippen LogP contribution in [0.25, 0.3) is 0 Å². The third-order valence-corrected chi connectivity index (χ3v) is 5.73. The molecule has 1 aliphatic rings. The van der Waals surface area contributed by atoms with Crippen molar-refractivity contribution in [2.75, 3.05) is 25.4 Å². The molecule has 0 bridgehead atoms. The van der Waals surface area contributed by atoms with E-state index in [9.17, 15) is 8.42 Å². The van der Waals surface area contributed by atoms with Crippen LogP contribution in [0.5, 0.6) is 0 Å². The minimum absolute atomic E-state index is 0. The van der Waals surface area contributed by atoms with Gasteiger partial charge in [0, 0.05) is 30.7 Å². The fourth-order valence-corrected chi connectivity index (χ4v) is 4.32. The van der Waals surface area contributed by atoms with Crippen LogP contribution in [0.4, 0.5) is 5.13 Å². The number of likely N-dealkylation sites (tertiary alicyclic amines) is 1. The van der Waals surface area contributed by atoms with E-state index in [4.69, 9.17) is 5.73 Å². The van der Waals surface area contributed by atoms with E-state index in [1.165, 1.54) is 11.3 Å². The largest absolute Gasteiger partial charge is 0.375 e. The van der Waals surface area contributed by atoms with Gasteiger partial charge in [0.15, 0.2) is 5.13 Å². The number of nitrogens with one attached hydrogen (secondary N) is 1. The molecule has 1 saturated heterocycles. The van der Waals surface area contributed by atoms with Crippen molar-refractivity contribution in [3.8, 4) is 0 Å². The summed E-state index contributed by atoms with van der Waals surface area (Å²) < 4.78 is 26.3. The van der Waals surface area contributed by atoms with Crippen LogP contribution in [0, 0.1) is 0 Å². The molecule has 0 radical (unpaired) electrons. The van der Waals surface area contributed by atoms with Gasteiger partial charge in [0.05, 0.1) is 5.25 Å². The SMILES string of the molecule is CCNS(=O)(=O)C1CCN(Cc2cnc(N)s2)C1.Cl. The maximum atomic E-state index is 11.9. The first-order valence-corrected chi connectivity index (χ1v) is 8.28. The minimum atomic E-state index is -3.16. The Balaban J connectivity index is 0.00000180. The lowest BCUT2D eigenvalue weighted by Gasteiger charge is -2.15. The van der Waals surface area contributed by atoms with E-state index >= 15 is 0 Å². The van der Waals surface area contributed by atoms with Crippen molar-refractivity contribution in [3.05, 3.63) is 11.1 Å². The Morgan fingerprint density at radius 2 is 2.37 bits per heavy atom. The third-order valence-electron chi connectivity index (χ3n) is 2.96. The molecule has 0 amide bonds. The lowest BCUT2D eigenvalue weighted by molar-refractivity contribution is 0.334. The first-order valence-electron chi connectivity index (χ1n) is 5.92. The summed E-state index contributed by atoms with van der Waals surface area (Å²) in [6.07, 6.45) is 2.44. The van der Waals surface area contributed by atoms with Crippen LogP contribution in [0.1, 0.15) is 18.2 Å². The zero-order valence-electron chi connectivity index (χ0n) is 10.7. The van der Waals surface area contributed by atoms with Crippen LogP contribution in [0.15, 0.2) is 6.20 Å². The maximum absolute atomic E-state index is 11.9. The van der Waals surface area contributed by atoms with Gasteiger partial charge in [-0.3, -0.25) is 4.90 Å². The van der Waals surface area contributed by atoms with Crippen molar-refractivity contribution in [2.24, 2.45) is 0 Å². The topological polar surface area (TPSA) is 88.3 Å². The van der Waals surface area contributed by atoms with Crippen LogP contribution >= 0.6 is 23.7 Å². The molecule has 0 saturated carbocycles. The average Bonchev–Trinajstić information content (AvgIpc) is 2.89. The monoisotopic (exact) mass is 326 g/mol. The van der Waals surface area contributed by atoms with E-state index in [1.54, 1.807) is 13.1 Å². The van der Waals surface area contributed by atoms with Gasteiger partial charge in [-0.15, -0.1) is 23.7 Å². The molecule has 0 aromatic carbocycles. The highest BCUT2D eigenvalue weighted by atomic mass is 35.5. The summed E-state index contributed by atoms with van der Waals surface area (Å²) in [7, 11) is -3.16. The number of hydrogen-bond acceptors (Lipinski definition) is 6. The summed E-state index contributed by atoms with van der Waals surface area (Å²) in [5, 5.41) is 0.253. The number of halogens is 1. The number of nitrogens with zero attached hydrogens (tertiary/aromatic N) is 2. The van der Waals surface area contributed by atoms with Crippen molar-refractivity contribution in [3.63, 3.8) is 0 Å². The Morgan fingerprint density at radius 3 is 2.95 bits per heavy atom. The lowest BCUT2D eigenvalue weighted by Crippen LogP contribution is -2.36. The Morgan fingerprint density at radius 1 is 1.63 bits per heavy atom. The molecule has 1 aliphatic heterocycles. The van der Waals surface area contributed by atoms with Crippen LogP contribution < -0.4 is 10.5 Å². The average molecular weight is 327 g/mol. The van der Waals surface area contributed by atoms with Crippen LogP contribution in [-0.2, 0) is 16.6 Å². The highest BCUT2D eigenvalue weighted by Gasteiger charge is 2.32. The fraction of sp³-hybridized carbons (Fsp3) is 0.700. The third kappa shape index (κ3) is 4.28. The molecule has 1 aromatic heterocycles. The van der Waals surface area contributed by atoms with E-state index in [1.807, 2.05) is 0 Å². The zero-order valence-corrected chi connectivity index (χ0v) is 13.2. The molecule has 0 spiro atoms. The lowest BCUT2D eigenvalue weighted by atomic mass is 10.4. The van der Waals surface area contributed by atoms with Gasteiger partial charge in [-0.2, -0.15) is 0 Å². The van der Waals surface area contributed by atoms with Gasteiger partial charge < -0.3 is 5.73 Å². The van der Waals surface area contributed by atoms with Crippen molar-refractivity contribution < 1.29 is 8.42 Å². The van der Waals surface area contributed by atoms with Crippen molar-refractivity contribution >= 4 is 38.9 Å². The number of sulfonamides is 1. The smallest absolute Gasteiger partial charge is 0.215 e. The Bertz CT molecular complexity index is 505. The number of nitrogen functional groups attached to an aromatic ring is 1. The number of rotatable bonds is 5. The van der Waals surface area contributed by atoms with Gasteiger partial charge in [0.2, 0.25) is 10.0 Å². The van der Waals surface area contributed by atoms with Gasteiger partial charge in [-0.05, 0) is 13.0 Å². The van der Waals surface area contributed by atoms with Gasteiger partial charge in [-0.1, -0.05) is 6.92 Å². The molecule has 3 N–H and O–H groups in total. The Hall–Kier alpha value is -0.410. The van der Waals surface area contributed by atoms with Gasteiger partial charge in [-0.25, -0.2) is 18.1 Å². The molecule has 19 heavy (non-hydrogen) atoms. The predicted molar refractivity (Wildman–Crippen MR) is 80.1 cm³/mol. The highest BCUT2D eigenvalue weighted by Crippen LogP contribution is 2.21. The molecule has 110 valence electrons. The van der Waals surface area contributed by atoms with Crippen molar-refractivity contribution in [1.82, 2.24) is 14.6 Å². The van der Waals surface area contributed by atoms with Gasteiger partial charge in [0.25, 0.3) is 0 Å². The molecule has 1 aromatic rings. The van der Waals surface area contributed by atoms with Crippen LogP contribution in [-0.4, -0.2) is 43.2 Å². The first kappa shape index (κ1) is 16.6. The zero-order chi connectivity index (χ0) is 13.2. The molecule has 1 unspecified atom stereocenters. The molecule has 0 aliphatic carbocycles. The Kier molecular flexibility index (Phi) is 6.00. The van der Waals surface area contributed by atoms with Crippen molar-refractivity contribution in [1.29, 1.82) is 0 Å². The molecule has 9 heteroatoms. The minimum Gasteiger partial charge on any atom is -0.375 e. The number of nitrogens with two attached hydrogens (primary N) is 1. The van der Waals surface area contributed by atoms with Crippen LogP contribution in [0.2, 0.25) is 0 Å². The molecule has 2 rings (SSSR count). The standard InChI is InChI=1S/C10H18N4O2S2.ClH/c1-2-13-18(15,16)9-3-4-14(7-9)6-8-5-12-10(11)17-8;/h5,9,13H,2-4,6-7H2,1H3,(H2,11,12);1H. The molecule has 6 nitrogen and oxygen atoms in total. The van der Waals surface area contributed by atoms with E-state index < -0.39 is 10.0 Å². The first-order chi connectivity index (χ1) is 8.51. The van der Waals surface area contributed by atoms with Crippen molar-refractivity contribution in [2.45, 2.75) is 25.1 Å². The molecule has 1 fully saturated rings. The summed E-state index contributed by atoms with van der Waals surface area (Å²) in [6, 6.07) is 0. The van der Waals surface area contributed by atoms with E-state index in [2.05, 4.69) is 14.6 Å². The summed E-state index contributed by atoms with van der Waals surface area (Å²) >= 11 is 1.45. The summed E-state index contributed by atoms with van der Waals surface area (Å²) in [4.78, 5) is 7.20. The number of anilines is 1. The second-order valence-corrected chi connectivity index (χ2v) is 7.55.